The van der Waals surface area contributed by atoms with Crippen molar-refractivity contribution >= 4 is 17.5 Å². The number of likely N-dealkylation sites (tertiary alicyclic amines) is 1. The van der Waals surface area contributed by atoms with E-state index in [9.17, 15) is 9.59 Å². The molecule has 108 valence electrons. The first kappa shape index (κ1) is 14.4. The Kier molecular flexibility index (Phi) is 4.61. The van der Waals surface area contributed by atoms with Crippen LogP contribution in [-0.4, -0.2) is 36.3 Å². The first-order valence-corrected chi connectivity index (χ1v) is 7.00. The molecule has 1 heterocycles. The van der Waals surface area contributed by atoms with Crippen molar-refractivity contribution in [3.05, 3.63) is 29.3 Å². The van der Waals surface area contributed by atoms with Crippen LogP contribution in [0.4, 0.5) is 5.69 Å². The van der Waals surface area contributed by atoms with Crippen LogP contribution in [0.3, 0.4) is 0 Å². The molecule has 0 bridgehead atoms. The summed E-state index contributed by atoms with van der Waals surface area (Å²) >= 11 is 0. The summed E-state index contributed by atoms with van der Waals surface area (Å²) < 4.78 is 0. The third kappa shape index (κ3) is 3.29. The smallest absolute Gasteiger partial charge is 0.251 e. The molecule has 0 radical (unpaired) electrons. The highest BCUT2D eigenvalue weighted by Gasteiger charge is 2.17. The van der Waals surface area contributed by atoms with E-state index in [-0.39, 0.29) is 11.8 Å². The van der Waals surface area contributed by atoms with Crippen molar-refractivity contribution in [2.75, 3.05) is 25.4 Å². The van der Waals surface area contributed by atoms with Crippen molar-refractivity contribution < 1.29 is 9.59 Å². The number of nitrogens with two attached hydrogens (primary N) is 1. The molecule has 5 heteroatoms. The van der Waals surface area contributed by atoms with Crippen molar-refractivity contribution in [2.24, 2.45) is 0 Å². The lowest BCUT2D eigenvalue weighted by Gasteiger charge is -2.15. The Bertz CT molecular complexity index is 508. The summed E-state index contributed by atoms with van der Waals surface area (Å²) in [5.41, 5.74) is 7.72. The lowest BCUT2D eigenvalue weighted by Crippen LogP contribution is -2.32. The van der Waals surface area contributed by atoms with Gasteiger partial charge < -0.3 is 16.0 Å². The molecule has 0 aromatic heterocycles. The number of amides is 2. The molecule has 1 aromatic rings. The summed E-state index contributed by atoms with van der Waals surface area (Å²) in [6.45, 7) is 3.88. The van der Waals surface area contributed by atoms with Gasteiger partial charge in [-0.15, -0.1) is 0 Å². The fourth-order valence-electron chi connectivity index (χ4n) is 2.40. The standard InChI is InChI=1S/C15H21N3O2/c1-11-12(5-4-6-13(11)16)15(20)17-8-7-14(19)18-9-2-3-10-18/h4-6H,2-3,7-10,16H2,1H3,(H,17,20). The van der Waals surface area contributed by atoms with Gasteiger partial charge in [-0.3, -0.25) is 9.59 Å². The molecule has 3 N–H and O–H groups in total. The van der Waals surface area contributed by atoms with E-state index < -0.39 is 0 Å². The van der Waals surface area contributed by atoms with Gasteiger partial charge >= 0.3 is 0 Å². The lowest BCUT2D eigenvalue weighted by molar-refractivity contribution is -0.129. The number of benzene rings is 1. The van der Waals surface area contributed by atoms with Crippen LogP contribution in [0, 0.1) is 6.92 Å². The Morgan fingerprint density at radius 1 is 1.30 bits per heavy atom. The highest BCUT2D eigenvalue weighted by molar-refractivity contribution is 5.97. The third-order valence-electron chi connectivity index (χ3n) is 3.70. The Labute approximate surface area is 119 Å². The number of anilines is 1. The second-order valence-corrected chi connectivity index (χ2v) is 5.11. The molecule has 2 rings (SSSR count). The molecule has 5 nitrogen and oxygen atoms in total. The van der Waals surface area contributed by atoms with E-state index in [1.807, 2.05) is 11.8 Å². The largest absolute Gasteiger partial charge is 0.398 e. The number of hydrogen-bond acceptors (Lipinski definition) is 3. The zero-order valence-electron chi connectivity index (χ0n) is 11.8. The van der Waals surface area contributed by atoms with Crippen molar-refractivity contribution in [1.82, 2.24) is 10.2 Å². The van der Waals surface area contributed by atoms with Crippen LogP contribution in [0.2, 0.25) is 0 Å². The summed E-state index contributed by atoms with van der Waals surface area (Å²) in [4.78, 5) is 25.7. The van der Waals surface area contributed by atoms with Gasteiger partial charge in [0.2, 0.25) is 5.91 Å². The van der Waals surface area contributed by atoms with Gasteiger partial charge in [-0.1, -0.05) is 6.07 Å². The lowest BCUT2D eigenvalue weighted by atomic mass is 10.1. The van der Waals surface area contributed by atoms with Gasteiger partial charge in [0.25, 0.3) is 5.91 Å². The van der Waals surface area contributed by atoms with Crippen molar-refractivity contribution in [2.45, 2.75) is 26.2 Å². The summed E-state index contributed by atoms with van der Waals surface area (Å²) in [5, 5.41) is 2.78. The minimum atomic E-state index is -0.177. The van der Waals surface area contributed by atoms with E-state index in [1.54, 1.807) is 18.2 Å². The molecule has 0 unspecified atom stereocenters. The number of carbonyl (C=O) groups is 2. The molecular weight excluding hydrogens is 254 g/mol. The normalized spacial score (nSPS) is 14.3. The van der Waals surface area contributed by atoms with Crippen LogP contribution < -0.4 is 11.1 Å². The average molecular weight is 275 g/mol. The maximum Gasteiger partial charge on any atom is 0.251 e. The van der Waals surface area contributed by atoms with Gasteiger partial charge in [-0.05, 0) is 37.5 Å². The van der Waals surface area contributed by atoms with E-state index in [2.05, 4.69) is 5.32 Å². The molecule has 20 heavy (non-hydrogen) atoms. The molecule has 1 aliphatic heterocycles. The van der Waals surface area contributed by atoms with Crippen molar-refractivity contribution in [3.63, 3.8) is 0 Å². The van der Waals surface area contributed by atoms with Crippen molar-refractivity contribution in [3.8, 4) is 0 Å². The zero-order valence-corrected chi connectivity index (χ0v) is 11.8. The minimum Gasteiger partial charge on any atom is -0.398 e. The predicted octanol–water partition coefficient (Wildman–Crippen LogP) is 1.32. The second-order valence-electron chi connectivity index (χ2n) is 5.11. The molecule has 2 amide bonds. The summed E-state index contributed by atoms with van der Waals surface area (Å²) in [7, 11) is 0. The van der Waals surface area contributed by atoms with Crippen LogP contribution in [-0.2, 0) is 4.79 Å². The number of carbonyl (C=O) groups excluding carboxylic acids is 2. The van der Waals surface area contributed by atoms with Crippen LogP contribution >= 0.6 is 0 Å². The zero-order chi connectivity index (χ0) is 14.5. The quantitative estimate of drug-likeness (QED) is 0.814. The number of rotatable bonds is 4. The monoisotopic (exact) mass is 275 g/mol. The minimum absolute atomic E-state index is 0.118. The van der Waals surface area contributed by atoms with Crippen LogP contribution in [0.25, 0.3) is 0 Å². The Balaban J connectivity index is 1.83. The first-order valence-electron chi connectivity index (χ1n) is 7.00. The van der Waals surface area contributed by atoms with Gasteiger partial charge in [-0.25, -0.2) is 0 Å². The molecule has 0 spiro atoms. The number of nitrogens with one attached hydrogen (secondary N) is 1. The maximum atomic E-state index is 12.0. The highest BCUT2D eigenvalue weighted by atomic mass is 16.2. The average Bonchev–Trinajstić information content (AvgIpc) is 2.95. The Hall–Kier alpha value is -2.04. The predicted molar refractivity (Wildman–Crippen MR) is 78.4 cm³/mol. The van der Waals surface area contributed by atoms with E-state index in [4.69, 9.17) is 5.73 Å². The number of nitrogen functional groups attached to an aromatic ring is 1. The number of hydrogen-bond donors (Lipinski definition) is 2. The van der Waals surface area contributed by atoms with Gasteiger partial charge in [-0.2, -0.15) is 0 Å². The molecule has 1 fully saturated rings. The molecule has 1 saturated heterocycles. The van der Waals surface area contributed by atoms with Gasteiger partial charge in [0.1, 0.15) is 0 Å². The Morgan fingerprint density at radius 2 is 2.00 bits per heavy atom. The first-order chi connectivity index (χ1) is 9.59. The fourth-order valence-corrected chi connectivity index (χ4v) is 2.40. The summed E-state index contributed by atoms with van der Waals surface area (Å²) in [6.07, 6.45) is 2.52. The fraction of sp³-hybridized carbons (Fsp3) is 0.467. The van der Waals surface area contributed by atoms with Gasteiger partial charge in [0.05, 0.1) is 0 Å². The Morgan fingerprint density at radius 3 is 2.70 bits per heavy atom. The second kappa shape index (κ2) is 6.41. The van der Waals surface area contributed by atoms with Crippen LogP contribution in [0.15, 0.2) is 18.2 Å². The van der Waals surface area contributed by atoms with E-state index in [0.29, 0.717) is 24.2 Å². The molecule has 1 aliphatic rings. The maximum absolute atomic E-state index is 12.0. The highest BCUT2D eigenvalue weighted by Crippen LogP contribution is 2.15. The van der Waals surface area contributed by atoms with E-state index in [0.717, 1.165) is 31.5 Å². The van der Waals surface area contributed by atoms with E-state index in [1.165, 1.54) is 0 Å². The summed E-state index contributed by atoms with van der Waals surface area (Å²) in [6, 6.07) is 5.26. The topological polar surface area (TPSA) is 75.4 Å². The van der Waals surface area contributed by atoms with Gasteiger partial charge in [0.15, 0.2) is 0 Å². The SMILES string of the molecule is Cc1c(N)cccc1C(=O)NCCC(=O)N1CCCC1. The van der Waals surface area contributed by atoms with Crippen LogP contribution in [0.5, 0.6) is 0 Å². The van der Waals surface area contributed by atoms with Crippen molar-refractivity contribution in [1.29, 1.82) is 0 Å². The van der Waals surface area contributed by atoms with Gasteiger partial charge in [0, 0.05) is 37.3 Å². The van der Waals surface area contributed by atoms with E-state index >= 15 is 0 Å². The number of nitrogens with zero attached hydrogens (tertiary/aromatic N) is 1. The molecule has 0 saturated carbocycles. The van der Waals surface area contributed by atoms with Crippen LogP contribution in [0.1, 0.15) is 35.2 Å². The molecule has 1 aromatic carbocycles. The molecule has 0 atom stereocenters. The third-order valence-corrected chi connectivity index (χ3v) is 3.70. The molecular formula is C15H21N3O2. The summed E-state index contributed by atoms with van der Waals surface area (Å²) in [5.74, 6) is -0.0591. The molecule has 0 aliphatic carbocycles.